The summed E-state index contributed by atoms with van der Waals surface area (Å²) in [6.07, 6.45) is -6.31. The minimum absolute atomic E-state index is 0.0123. The van der Waals surface area contributed by atoms with Crippen molar-refractivity contribution in [2.45, 2.75) is 38.8 Å². The van der Waals surface area contributed by atoms with Crippen LogP contribution in [0.2, 0.25) is 0 Å². The fourth-order valence-electron chi connectivity index (χ4n) is 3.23. The molecule has 0 amide bonds. The summed E-state index contributed by atoms with van der Waals surface area (Å²) in [7, 11) is 1.03. The lowest BCUT2D eigenvalue weighted by atomic mass is 10.0. The highest BCUT2D eigenvalue weighted by atomic mass is 19.3. The molecule has 0 saturated carbocycles. The van der Waals surface area contributed by atoms with Crippen LogP contribution in [0.5, 0.6) is 0 Å². The lowest BCUT2D eigenvalue weighted by Gasteiger charge is -2.23. The van der Waals surface area contributed by atoms with Crippen LogP contribution in [-0.2, 0) is 19.0 Å². The van der Waals surface area contributed by atoms with Crippen molar-refractivity contribution in [3.05, 3.63) is 52.2 Å². The number of nitrogens with one attached hydrogen (secondary N) is 1. The van der Waals surface area contributed by atoms with Gasteiger partial charge in [0, 0.05) is 5.56 Å². The number of aromatic nitrogens is 2. The normalized spacial score (nSPS) is 16.4. The molecule has 1 aromatic heterocycles. The highest BCUT2D eigenvalue weighted by Gasteiger charge is 2.35. The molecule has 1 aromatic carbocycles. The maximum absolute atomic E-state index is 14.8. The molecule has 11 heteroatoms. The zero-order chi connectivity index (χ0) is 22.7. The predicted molar refractivity (Wildman–Crippen MR) is 101 cm³/mol. The minimum Gasteiger partial charge on any atom is -0.467 e. The zero-order valence-corrected chi connectivity index (χ0v) is 17.0. The van der Waals surface area contributed by atoms with Gasteiger partial charge >= 0.3 is 5.97 Å². The molecule has 0 spiro atoms. The van der Waals surface area contributed by atoms with Gasteiger partial charge in [0.1, 0.15) is 23.2 Å². The molecule has 0 bridgehead atoms. The van der Waals surface area contributed by atoms with E-state index in [0.717, 1.165) is 13.2 Å². The third kappa shape index (κ3) is 4.77. The van der Waals surface area contributed by atoms with Crippen LogP contribution in [0.15, 0.2) is 18.2 Å². The topological polar surface area (TPSA) is 82.6 Å². The summed E-state index contributed by atoms with van der Waals surface area (Å²) in [5, 5.41) is 2.89. The molecule has 1 unspecified atom stereocenters. The van der Waals surface area contributed by atoms with Crippen molar-refractivity contribution in [3.8, 4) is 0 Å². The molecular formula is C20H21F4N3O4. The van der Waals surface area contributed by atoms with E-state index in [1.807, 2.05) is 0 Å². The first-order chi connectivity index (χ1) is 14.7. The molecule has 3 rings (SSSR count). The maximum atomic E-state index is 14.8. The molecule has 2 aromatic rings. The maximum Gasteiger partial charge on any atom is 0.346 e. The van der Waals surface area contributed by atoms with Gasteiger partial charge in [-0.15, -0.1) is 0 Å². The van der Waals surface area contributed by atoms with E-state index in [4.69, 9.17) is 9.47 Å². The number of hydrogen-bond acceptors (Lipinski definition) is 7. The molecule has 1 fully saturated rings. The Morgan fingerprint density at radius 3 is 2.45 bits per heavy atom. The molecule has 168 valence electrons. The molecule has 7 nitrogen and oxygen atoms in total. The van der Waals surface area contributed by atoms with Crippen LogP contribution in [0.3, 0.4) is 0 Å². The summed E-state index contributed by atoms with van der Waals surface area (Å²) >= 11 is 0. The predicted octanol–water partition coefficient (Wildman–Crippen LogP) is 4.26. The van der Waals surface area contributed by atoms with Crippen LogP contribution in [0.4, 0.5) is 23.4 Å². The first kappa shape index (κ1) is 22.9. The van der Waals surface area contributed by atoms with E-state index >= 15 is 0 Å². The van der Waals surface area contributed by atoms with Crippen molar-refractivity contribution in [3.63, 3.8) is 0 Å². The van der Waals surface area contributed by atoms with Gasteiger partial charge in [0.15, 0.2) is 6.29 Å². The van der Waals surface area contributed by atoms with Gasteiger partial charge in [-0.2, -0.15) is 0 Å². The number of esters is 1. The van der Waals surface area contributed by atoms with Crippen molar-refractivity contribution >= 4 is 11.8 Å². The zero-order valence-electron chi connectivity index (χ0n) is 17.0. The molecule has 2 heterocycles. The molecule has 2 atom stereocenters. The minimum atomic E-state index is -2.98. The Morgan fingerprint density at radius 2 is 1.84 bits per heavy atom. The second-order valence-corrected chi connectivity index (χ2v) is 6.79. The van der Waals surface area contributed by atoms with Gasteiger partial charge in [-0.05, 0) is 13.8 Å². The Kier molecular flexibility index (Phi) is 7.06. The molecular weight excluding hydrogens is 422 g/mol. The highest BCUT2D eigenvalue weighted by Crippen LogP contribution is 2.37. The van der Waals surface area contributed by atoms with E-state index in [0.29, 0.717) is 0 Å². The van der Waals surface area contributed by atoms with E-state index in [1.165, 1.54) is 26.0 Å². The van der Waals surface area contributed by atoms with Crippen LogP contribution < -0.4 is 5.32 Å². The number of halogens is 4. The standard InChI is InChI=1S/C20H21F4N3O4/c1-9(11-5-4-6-12(14(11)21)17(23)24)25-18-13(20-30-7-8-31-20)16(26-10(2)27-18)15(22)19(28)29-3/h4-6,9,15,17,20H,7-8H2,1-3H3,(H,25,26,27)/t9-,15?/m1/s1. The lowest BCUT2D eigenvalue weighted by Crippen LogP contribution is -2.21. The first-order valence-electron chi connectivity index (χ1n) is 9.41. The number of carbonyl (C=O) groups excluding carboxylic acids is 1. The second-order valence-electron chi connectivity index (χ2n) is 6.79. The number of aryl methyl sites for hydroxylation is 1. The highest BCUT2D eigenvalue weighted by molar-refractivity contribution is 5.77. The Morgan fingerprint density at radius 1 is 1.19 bits per heavy atom. The second kappa shape index (κ2) is 9.56. The number of ether oxygens (including phenoxy) is 3. The SMILES string of the molecule is COC(=O)C(F)c1nc(C)nc(N[C@H](C)c2cccc(C(F)F)c2F)c1C1OCCO1. The summed E-state index contributed by atoms with van der Waals surface area (Å²) in [5.41, 5.74) is -1.08. The quantitative estimate of drug-likeness (QED) is 0.506. The van der Waals surface area contributed by atoms with E-state index < -0.39 is 42.3 Å². The van der Waals surface area contributed by atoms with Crippen molar-refractivity contribution in [2.75, 3.05) is 25.6 Å². The van der Waals surface area contributed by atoms with Crippen molar-refractivity contribution < 1.29 is 36.6 Å². The van der Waals surface area contributed by atoms with E-state index in [1.54, 1.807) is 0 Å². The number of alkyl halides is 3. The Bertz CT molecular complexity index is 954. The number of carbonyl (C=O) groups is 1. The van der Waals surface area contributed by atoms with Gasteiger partial charge in [-0.3, -0.25) is 0 Å². The molecule has 1 aliphatic heterocycles. The monoisotopic (exact) mass is 443 g/mol. The molecule has 1 N–H and O–H groups in total. The molecule has 1 saturated heterocycles. The average molecular weight is 443 g/mol. The van der Waals surface area contributed by atoms with Crippen LogP contribution >= 0.6 is 0 Å². The fourth-order valence-corrected chi connectivity index (χ4v) is 3.23. The molecule has 31 heavy (non-hydrogen) atoms. The van der Waals surface area contributed by atoms with Gasteiger partial charge < -0.3 is 19.5 Å². The van der Waals surface area contributed by atoms with E-state index in [-0.39, 0.29) is 41.7 Å². The molecule has 1 aliphatic rings. The smallest absolute Gasteiger partial charge is 0.346 e. The van der Waals surface area contributed by atoms with E-state index in [2.05, 4.69) is 20.0 Å². The number of nitrogens with zero attached hydrogens (tertiary/aromatic N) is 2. The van der Waals surface area contributed by atoms with Gasteiger partial charge in [-0.1, -0.05) is 18.2 Å². The van der Waals surface area contributed by atoms with Gasteiger partial charge in [-0.25, -0.2) is 32.3 Å². The number of anilines is 1. The first-order valence-corrected chi connectivity index (χ1v) is 9.41. The van der Waals surface area contributed by atoms with Crippen LogP contribution in [0, 0.1) is 12.7 Å². The van der Waals surface area contributed by atoms with Gasteiger partial charge in [0.2, 0.25) is 6.17 Å². The van der Waals surface area contributed by atoms with Crippen LogP contribution in [-0.4, -0.2) is 36.3 Å². The number of methoxy groups -OCH3 is 1. The summed E-state index contributed by atoms with van der Waals surface area (Å²) in [6, 6.07) is 2.81. The summed E-state index contributed by atoms with van der Waals surface area (Å²) < 4.78 is 70.9. The Hall–Kier alpha value is -2.79. The summed E-state index contributed by atoms with van der Waals surface area (Å²) in [6.45, 7) is 3.43. The average Bonchev–Trinajstić information content (AvgIpc) is 3.26. The van der Waals surface area contributed by atoms with Gasteiger partial charge in [0.25, 0.3) is 6.43 Å². The third-order valence-corrected chi connectivity index (χ3v) is 4.71. The number of rotatable bonds is 7. The Balaban J connectivity index is 2.05. The van der Waals surface area contributed by atoms with Crippen molar-refractivity contribution in [1.29, 1.82) is 0 Å². The van der Waals surface area contributed by atoms with E-state index in [9.17, 15) is 22.4 Å². The third-order valence-electron chi connectivity index (χ3n) is 4.71. The summed E-state index contributed by atoms with van der Waals surface area (Å²) in [5.74, 6) is -2.10. The van der Waals surface area contributed by atoms with Crippen molar-refractivity contribution in [2.24, 2.45) is 0 Å². The molecule has 0 radical (unpaired) electrons. The number of hydrogen-bond donors (Lipinski definition) is 1. The van der Waals surface area contributed by atoms with Gasteiger partial charge in [0.05, 0.1) is 37.5 Å². The Labute approximate surface area is 175 Å². The lowest BCUT2D eigenvalue weighted by molar-refractivity contribution is -0.147. The molecule has 0 aliphatic carbocycles. The number of benzene rings is 1. The summed E-state index contributed by atoms with van der Waals surface area (Å²) in [4.78, 5) is 20.1. The van der Waals surface area contributed by atoms with Crippen LogP contribution in [0.1, 0.15) is 60.1 Å². The largest absolute Gasteiger partial charge is 0.467 e. The fraction of sp³-hybridized carbons (Fsp3) is 0.450. The van der Waals surface area contributed by atoms with Crippen LogP contribution in [0.25, 0.3) is 0 Å². The van der Waals surface area contributed by atoms with Crippen molar-refractivity contribution in [1.82, 2.24) is 9.97 Å².